The van der Waals surface area contributed by atoms with E-state index in [4.69, 9.17) is 15.2 Å². The SMILES string of the molecule is COc1cc(F)c(N)cc1N(Cc1c(OC)ccc(F)c1F)S(C)(=O)=O. The van der Waals surface area contributed by atoms with Crippen molar-refractivity contribution in [3.8, 4) is 11.5 Å². The Morgan fingerprint density at radius 3 is 2.19 bits per heavy atom. The van der Waals surface area contributed by atoms with Gasteiger partial charge in [0, 0.05) is 6.07 Å². The van der Waals surface area contributed by atoms with E-state index in [0.717, 1.165) is 28.8 Å². The van der Waals surface area contributed by atoms with Crippen molar-refractivity contribution in [2.24, 2.45) is 0 Å². The van der Waals surface area contributed by atoms with Gasteiger partial charge in [0.05, 0.1) is 44.0 Å². The highest BCUT2D eigenvalue weighted by atomic mass is 32.2. The first kappa shape index (κ1) is 19.7. The largest absolute Gasteiger partial charge is 0.496 e. The number of ether oxygens (including phenoxy) is 2. The van der Waals surface area contributed by atoms with Crippen LogP contribution in [-0.4, -0.2) is 28.9 Å². The predicted octanol–water partition coefficient (Wildman–Crippen LogP) is 2.67. The normalized spacial score (nSPS) is 11.3. The van der Waals surface area contributed by atoms with Crippen molar-refractivity contribution in [2.75, 3.05) is 30.5 Å². The van der Waals surface area contributed by atoms with E-state index in [1.807, 2.05) is 0 Å². The summed E-state index contributed by atoms with van der Waals surface area (Å²) in [6.45, 7) is -0.618. The maximum absolute atomic E-state index is 14.2. The number of hydrogen-bond acceptors (Lipinski definition) is 5. The van der Waals surface area contributed by atoms with E-state index in [0.29, 0.717) is 0 Å². The Hall–Kier alpha value is -2.62. The van der Waals surface area contributed by atoms with E-state index in [-0.39, 0.29) is 28.4 Å². The molecule has 0 aromatic heterocycles. The van der Waals surface area contributed by atoms with Crippen LogP contribution in [0.4, 0.5) is 24.5 Å². The van der Waals surface area contributed by atoms with Crippen molar-refractivity contribution in [3.63, 3.8) is 0 Å². The van der Waals surface area contributed by atoms with Crippen LogP contribution in [0.15, 0.2) is 24.3 Å². The first-order valence-corrected chi connectivity index (χ1v) is 9.06. The third-order valence-corrected chi connectivity index (χ3v) is 4.77. The smallest absolute Gasteiger partial charge is 0.232 e. The quantitative estimate of drug-likeness (QED) is 0.767. The van der Waals surface area contributed by atoms with Gasteiger partial charge in [-0.15, -0.1) is 0 Å². The van der Waals surface area contributed by atoms with Crippen LogP contribution in [0.3, 0.4) is 0 Å². The maximum atomic E-state index is 14.2. The highest BCUT2D eigenvalue weighted by Gasteiger charge is 2.27. The summed E-state index contributed by atoms with van der Waals surface area (Å²) >= 11 is 0. The van der Waals surface area contributed by atoms with Crippen molar-refractivity contribution in [1.82, 2.24) is 0 Å². The van der Waals surface area contributed by atoms with Gasteiger partial charge in [-0.3, -0.25) is 4.31 Å². The second-order valence-electron chi connectivity index (χ2n) is 5.36. The molecule has 142 valence electrons. The Kier molecular flexibility index (Phi) is 5.55. The first-order chi connectivity index (χ1) is 12.1. The minimum atomic E-state index is -4.00. The molecule has 0 spiro atoms. The Morgan fingerprint density at radius 2 is 1.65 bits per heavy atom. The molecule has 2 N–H and O–H groups in total. The van der Waals surface area contributed by atoms with Gasteiger partial charge in [-0.25, -0.2) is 21.6 Å². The lowest BCUT2D eigenvalue weighted by atomic mass is 10.1. The lowest BCUT2D eigenvalue weighted by Crippen LogP contribution is -2.30. The van der Waals surface area contributed by atoms with Crippen LogP contribution in [-0.2, 0) is 16.6 Å². The van der Waals surface area contributed by atoms with Crippen molar-refractivity contribution in [2.45, 2.75) is 6.54 Å². The summed E-state index contributed by atoms with van der Waals surface area (Å²) in [5.74, 6) is -3.43. The van der Waals surface area contributed by atoms with E-state index in [9.17, 15) is 21.6 Å². The molecule has 0 fully saturated rings. The van der Waals surface area contributed by atoms with Crippen LogP contribution in [0.5, 0.6) is 11.5 Å². The standard InChI is InChI=1S/C16H17F3N2O4S/c1-24-14-5-4-10(17)16(19)9(14)8-21(26(3,22)23)13-7-12(20)11(18)6-15(13)25-2/h4-7H,8,20H2,1-3H3. The summed E-state index contributed by atoms with van der Waals surface area (Å²) in [6, 6.07) is 3.98. The average Bonchev–Trinajstić information content (AvgIpc) is 2.57. The minimum Gasteiger partial charge on any atom is -0.496 e. The molecular weight excluding hydrogens is 373 g/mol. The van der Waals surface area contributed by atoms with Crippen LogP contribution < -0.4 is 19.5 Å². The topological polar surface area (TPSA) is 81.9 Å². The van der Waals surface area contributed by atoms with Gasteiger partial charge in [0.2, 0.25) is 10.0 Å². The fraction of sp³-hybridized carbons (Fsp3) is 0.250. The van der Waals surface area contributed by atoms with Crippen molar-refractivity contribution >= 4 is 21.4 Å². The second kappa shape index (κ2) is 7.32. The molecule has 2 rings (SSSR count). The Bertz CT molecular complexity index is 936. The number of nitrogen functional groups attached to an aromatic ring is 1. The molecule has 6 nitrogen and oxygen atoms in total. The van der Waals surface area contributed by atoms with Crippen LogP contribution in [0.1, 0.15) is 5.56 Å². The number of sulfonamides is 1. The summed E-state index contributed by atoms with van der Waals surface area (Å²) < 4.78 is 76.8. The summed E-state index contributed by atoms with van der Waals surface area (Å²) in [4.78, 5) is 0. The number of methoxy groups -OCH3 is 2. The molecule has 10 heteroatoms. The number of anilines is 2. The van der Waals surface area contributed by atoms with Crippen molar-refractivity contribution < 1.29 is 31.1 Å². The lowest BCUT2D eigenvalue weighted by Gasteiger charge is -2.25. The van der Waals surface area contributed by atoms with Crippen LogP contribution in [0.25, 0.3) is 0 Å². The zero-order valence-electron chi connectivity index (χ0n) is 14.2. The van der Waals surface area contributed by atoms with Crippen molar-refractivity contribution in [3.05, 3.63) is 47.3 Å². The van der Waals surface area contributed by atoms with E-state index < -0.39 is 34.0 Å². The molecule has 0 aliphatic rings. The summed E-state index contributed by atoms with van der Waals surface area (Å²) in [6.07, 6.45) is 0.857. The molecule has 0 saturated carbocycles. The molecule has 0 atom stereocenters. The number of hydrogen-bond donors (Lipinski definition) is 1. The zero-order chi connectivity index (χ0) is 19.6. The lowest BCUT2D eigenvalue weighted by molar-refractivity contribution is 0.397. The summed E-state index contributed by atoms with van der Waals surface area (Å²) in [5.41, 5.74) is 4.73. The fourth-order valence-electron chi connectivity index (χ4n) is 2.36. The molecule has 0 heterocycles. The molecule has 0 bridgehead atoms. The predicted molar refractivity (Wildman–Crippen MR) is 91.3 cm³/mol. The highest BCUT2D eigenvalue weighted by Crippen LogP contribution is 2.36. The van der Waals surface area contributed by atoms with Gasteiger partial charge in [-0.05, 0) is 18.2 Å². The number of nitrogens with zero attached hydrogens (tertiary/aromatic N) is 1. The van der Waals surface area contributed by atoms with Gasteiger partial charge in [0.15, 0.2) is 11.6 Å². The van der Waals surface area contributed by atoms with Gasteiger partial charge in [0.25, 0.3) is 0 Å². The van der Waals surface area contributed by atoms with Gasteiger partial charge in [-0.2, -0.15) is 0 Å². The van der Waals surface area contributed by atoms with E-state index >= 15 is 0 Å². The van der Waals surface area contributed by atoms with Crippen molar-refractivity contribution in [1.29, 1.82) is 0 Å². The number of rotatable bonds is 6. The van der Waals surface area contributed by atoms with E-state index in [1.165, 1.54) is 20.3 Å². The number of nitrogens with two attached hydrogens (primary N) is 1. The van der Waals surface area contributed by atoms with E-state index in [1.54, 1.807) is 0 Å². The van der Waals surface area contributed by atoms with Gasteiger partial charge in [0.1, 0.15) is 17.3 Å². The third-order valence-electron chi connectivity index (χ3n) is 3.64. The van der Waals surface area contributed by atoms with E-state index in [2.05, 4.69) is 0 Å². The Labute approximate surface area is 149 Å². The van der Waals surface area contributed by atoms with Crippen LogP contribution in [0, 0.1) is 17.5 Å². The number of benzene rings is 2. The molecule has 2 aromatic carbocycles. The summed E-state index contributed by atoms with van der Waals surface area (Å²) in [5, 5.41) is 0. The molecule has 0 amide bonds. The van der Waals surface area contributed by atoms with Crippen LogP contribution >= 0.6 is 0 Å². The second-order valence-corrected chi connectivity index (χ2v) is 7.26. The first-order valence-electron chi connectivity index (χ1n) is 7.21. The van der Waals surface area contributed by atoms with Gasteiger partial charge < -0.3 is 15.2 Å². The molecule has 0 unspecified atom stereocenters. The zero-order valence-corrected chi connectivity index (χ0v) is 15.0. The average molecular weight is 390 g/mol. The maximum Gasteiger partial charge on any atom is 0.232 e. The molecule has 2 aromatic rings. The molecule has 0 saturated heterocycles. The highest BCUT2D eigenvalue weighted by molar-refractivity contribution is 7.92. The van der Waals surface area contributed by atoms with Gasteiger partial charge in [-0.1, -0.05) is 0 Å². The van der Waals surface area contributed by atoms with Crippen LogP contribution in [0.2, 0.25) is 0 Å². The Morgan fingerprint density at radius 1 is 1.04 bits per heavy atom. The molecular formula is C16H17F3N2O4S. The minimum absolute atomic E-state index is 0.0494. The third kappa shape index (κ3) is 3.79. The molecule has 0 radical (unpaired) electrons. The molecule has 0 aliphatic heterocycles. The summed E-state index contributed by atoms with van der Waals surface area (Å²) in [7, 11) is -1.56. The number of halogens is 3. The molecule has 26 heavy (non-hydrogen) atoms. The monoisotopic (exact) mass is 390 g/mol. The fourth-order valence-corrected chi connectivity index (χ4v) is 3.22. The Balaban J connectivity index is 2.67. The molecule has 0 aliphatic carbocycles. The van der Waals surface area contributed by atoms with Gasteiger partial charge >= 0.3 is 0 Å².